The third kappa shape index (κ3) is 5.21. The van der Waals surface area contributed by atoms with Crippen molar-refractivity contribution in [3.8, 4) is 5.75 Å². The Kier molecular flexibility index (Phi) is 5.60. The fraction of sp³-hybridized carbons (Fsp3) is 0.222. The van der Waals surface area contributed by atoms with Crippen LogP contribution in [-0.2, 0) is 4.79 Å². The molecule has 0 radical (unpaired) electrons. The molecule has 0 aromatic heterocycles. The van der Waals surface area contributed by atoms with Gasteiger partial charge in [-0.2, -0.15) is 0 Å². The zero-order valence-corrected chi connectivity index (χ0v) is 15.6. The molecule has 130 valence electrons. The van der Waals surface area contributed by atoms with E-state index in [0.29, 0.717) is 22.0 Å². The number of carbonyl (C=O) groups is 2. The number of ether oxygens (including phenoxy) is 1. The van der Waals surface area contributed by atoms with E-state index in [2.05, 4.69) is 26.6 Å². The molecule has 1 aliphatic rings. The average molecular weight is 424 g/mol. The van der Waals surface area contributed by atoms with Crippen LogP contribution in [0.2, 0.25) is 5.02 Å². The first kappa shape index (κ1) is 17.8. The minimum Gasteiger partial charge on any atom is -0.482 e. The standard InChI is InChI=1S/C18H16BrClN2O3/c19-12-4-7-16(15(20)9-12)25-10-17(23)21-14-3-1-2-11(8-14)18(24)22-13-5-6-13/h1-4,7-9,13H,5-6,10H2,(H,21,23)(H,22,24). The lowest BCUT2D eigenvalue weighted by Gasteiger charge is -2.10. The number of hydrogen-bond acceptors (Lipinski definition) is 3. The number of benzene rings is 2. The first-order valence-electron chi connectivity index (χ1n) is 7.80. The molecule has 2 N–H and O–H groups in total. The van der Waals surface area contributed by atoms with E-state index in [1.807, 2.05) is 0 Å². The summed E-state index contributed by atoms with van der Waals surface area (Å²) in [6, 6.07) is 12.2. The molecule has 0 heterocycles. The SMILES string of the molecule is O=C(COc1ccc(Br)cc1Cl)Nc1cccc(C(=O)NC2CC2)c1. The van der Waals surface area contributed by atoms with Gasteiger partial charge < -0.3 is 15.4 Å². The van der Waals surface area contributed by atoms with Crippen LogP contribution in [0.25, 0.3) is 0 Å². The van der Waals surface area contributed by atoms with Gasteiger partial charge in [0, 0.05) is 21.8 Å². The van der Waals surface area contributed by atoms with Crippen molar-refractivity contribution in [2.45, 2.75) is 18.9 Å². The van der Waals surface area contributed by atoms with E-state index in [1.165, 1.54) is 0 Å². The second-order valence-corrected chi connectivity index (χ2v) is 7.06. The third-order valence-electron chi connectivity index (χ3n) is 3.57. The lowest BCUT2D eigenvalue weighted by atomic mass is 10.2. The summed E-state index contributed by atoms with van der Waals surface area (Å²) < 4.78 is 6.25. The van der Waals surface area contributed by atoms with Crippen molar-refractivity contribution in [2.24, 2.45) is 0 Å². The Balaban J connectivity index is 1.56. The summed E-state index contributed by atoms with van der Waals surface area (Å²) in [6.07, 6.45) is 2.05. The van der Waals surface area contributed by atoms with Crippen LogP contribution in [0.5, 0.6) is 5.75 Å². The highest BCUT2D eigenvalue weighted by molar-refractivity contribution is 9.10. The number of halogens is 2. The van der Waals surface area contributed by atoms with Gasteiger partial charge in [-0.3, -0.25) is 9.59 Å². The van der Waals surface area contributed by atoms with Crippen molar-refractivity contribution < 1.29 is 14.3 Å². The quantitative estimate of drug-likeness (QED) is 0.737. The van der Waals surface area contributed by atoms with E-state index >= 15 is 0 Å². The van der Waals surface area contributed by atoms with Gasteiger partial charge in [-0.05, 0) is 49.2 Å². The van der Waals surface area contributed by atoms with E-state index in [4.69, 9.17) is 16.3 Å². The largest absolute Gasteiger partial charge is 0.482 e. The topological polar surface area (TPSA) is 67.4 Å². The zero-order chi connectivity index (χ0) is 17.8. The smallest absolute Gasteiger partial charge is 0.262 e. The minimum atomic E-state index is -0.335. The maximum Gasteiger partial charge on any atom is 0.262 e. The maximum absolute atomic E-state index is 12.0. The summed E-state index contributed by atoms with van der Waals surface area (Å²) >= 11 is 9.35. The Hall–Kier alpha value is -2.05. The van der Waals surface area contributed by atoms with Gasteiger partial charge in [0.05, 0.1) is 5.02 Å². The summed E-state index contributed by atoms with van der Waals surface area (Å²) in [4.78, 5) is 24.1. The summed E-state index contributed by atoms with van der Waals surface area (Å²) in [6.45, 7) is -0.181. The summed E-state index contributed by atoms with van der Waals surface area (Å²) in [5.74, 6) is -0.0344. The van der Waals surface area contributed by atoms with Crippen LogP contribution in [0.1, 0.15) is 23.2 Å². The molecule has 5 nitrogen and oxygen atoms in total. The highest BCUT2D eigenvalue weighted by Gasteiger charge is 2.23. The Morgan fingerprint density at radius 3 is 2.72 bits per heavy atom. The Labute approximate surface area is 158 Å². The van der Waals surface area contributed by atoms with Gasteiger partial charge in [-0.25, -0.2) is 0 Å². The van der Waals surface area contributed by atoms with Crippen LogP contribution in [0, 0.1) is 0 Å². The van der Waals surface area contributed by atoms with E-state index < -0.39 is 0 Å². The summed E-state index contributed by atoms with van der Waals surface area (Å²) in [5, 5.41) is 6.04. The van der Waals surface area contributed by atoms with Crippen molar-refractivity contribution in [2.75, 3.05) is 11.9 Å². The van der Waals surface area contributed by atoms with E-state index in [1.54, 1.807) is 42.5 Å². The molecule has 0 atom stereocenters. The molecule has 2 aromatic rings. The van der Waals surface area contributed by atoms with Crippen molar-refractivity contribution in [3.05, 3.63) is 57.5 Å². The second-order valence-electron chi connectivity index (χ2n) is 5.74. The molecule has 7 heteroatoms. The molecule has 0 saturated heterocycles. The van der Waals surface area contributed by atoms with Gasteiger partial charge in [-0.15, -0.1) is 0 Å². The normalized spacial score (nSPS) is 13.2. The molecule has 1 aliphatic carbocycles. The number of amides is 2. The molecule has 25 heavy (non-hydrogen) atoms. The number of rotatable bonds is 6. The fourth-order valence-corrected chi connectivity index (χ4v) is 2.90. The molecule has 1 fully saturated rings. The van der Waals surface area contributed by atoms with Crippen LogP contribution in [0.4, 0.5) is 5.69 Å². The number of hydrogen-bond donors (Lipinski definition) is 2. The van der Waals surface area contributed by atoms with Crippen molar-refractivity contribution in [3.63, 3.8) is 0 Å². The van der Waals surface area contributed by atoms with Gasteiger partial charge in [0.1, 0.15) is 5.75 Å². The third-order valence-corrected chi connectivity index (χ3v) is 4.36. The Morgan fingerprint density at radius 2 is 2.00 bits per heavy atom. The van der Waals surface area contributed by atoms with E-state index in [-0.39, 0.29) is 24.5 Å². The summed E-state index contributed by atoms with van der Waals surface area (Å²) in [5.41, 5.74) is 1.06. The first-order chi connectivity index (χ1) is 12.0. The molecule has 0 aliphatic heterocycles. The first-order valence-corrected chi connectivity index (χ1v) is 8.97. The summed E-state index contributed by atoms with van der Waals surface area (Å²) in [7, 11) is 0. The molecular weight excluding hydrogens is 408 g/mol. The molecule has 2 amide bonds. The van der Waals surface area contributed by atoms with Crippen LogP contribution < -0.4 is 15.4 Å². The molecule has 0 unspecified atom stereocenters. The van der Waals surface area contributed by atoms with Gasteiger partial charge >= 0.3 is 0 Å². The lowest BCUT2D eigenvalue weighted by Crippen LogP contribution is -2.25. The van der Waals surface area contributed by atoms with Gasteiger partial charge in [-0.1, -0.05) is 33.6 Å². The highest BCUT2D eigenvalue weighted by atomic mass is 79.9. The van der Waals surface area contributed by atoms with Crippen LogP contribution in [0.15, 0.2) is 46.9 Å². The second kappa shape index (κ2) is 7.89. The van der Waals surface area contributed by atoms with Crippen LogP contribution in [0.3, 0.4) is 0 Å². The number of carbonyl (C=O) groups excluding carboxylic acids is 2. The van der Waals surface area contributed by atoms with Gasteiger partial charge in [0.2, 0.25) is 0 Å². The molecule has 3 rings (SSSR count). The van der Waals surface area contributed by atoms with Crippen molar-refractivity contribution in [1.82, 2.24) is 5.32 Å². The highest BCUT2D eigenvalue weighted by Crippen LogP contribution is 2.27. The zero-order valence-electron chi connectivity index (χ0n) is 13.2. The van der Waals surface area contributed by atoms with Gasteiger partial charge in [0.15, 0.2) is 6.61 Å². The number of anilines is 1. The predicted molar refractivity (Wildman–Crippen MR) is 100 cm³/mol. The van der Waals surface area contributed by atoms with Crippen LogP contribution in [-0.4, -0.2) is 24.5 Å². The molecule has 0 bridgehead atoms. The monoisotopic (exact) mass is 422 g/mol. The maximum atomic E-state index is 12.0. The molecular formula is C18H16BrClN2O3. The Morgan fingerprint density at radius 1 is 1.20 bits per heavy atom. The lowest BCUT2D eigenvalue weighted by molar-refractivity contribution is -0.118. The van der Waals surface area contributed by atoms with Crippen molar-refractivity contribution in [1.29, 1.82) is 0 Å². The van der Waals surface area contributed by atoms with Gasteiger partial charge in [0.25, 0.3) is 11.8 Å². The molecule has 1 saturated carbocycles. The number of nitrogens with one attached hydrogen (secondary N) is 2. The minimum absolute atomic E-state index is 0.128. The molecule has 2 aromatic carbocycles. The van der Waals surface area contributed by atoms with Crippen LogP contribution >= 0.6 is 27.5 Å². The predicted octanol–water partition coefficient (Wildman–Crippen LogP) is 4.01. The van der Waals surface area contributed by atoms with E-state index in [9.17, 15) is 9.59 Å². The van der Waals surface area contributed by atoms with E-state index in [0.717, 1.165) is 17.3 Å². The Bertz CT molecular complexity index is 809. The fourth-order valence-electron chi connectivity index (χ4n) is 2.17. The van der Waals surface area contributed by atoms with Crippen molar-refractivity contribution >= 4 is 45.0 Å². The average Bonchev–Trinajstić information content (AvgIpc) is 3.38. The molecule has 0 spiro atoms.